The Hall–Kier alpha value is -1.89. The molecule has 25 heavy (non-hydrogen) atoms. The molecule has 2 aromatic heterocycles. The number of rotatable bonds is 3. The van der Waals surface area contributed by atoms with Crippen molar-refractivity contribution in [2.24, 2.45) is 0 Å². The molecule has 0 aliphatic carbocycles. The lowest BCUT2D eigenvalue weighted by molar-refractivity contribution is 0.0601. The molecule has 3 rings (SSSR count). The van der Waals surface area contributed by atoms with Crippen LogP contribution in [0.1, 0.15) is 36.0 Å². The Morgan fingerprint density at radius 2 is 1.88 bits per heavy atom. The van der Waals surface area contributed by atoms with Gasteiger partial charge in [-0.25, -0.2) is 4.79 Å². The Morgan fingerprint density at radius 1 is 1.16 bits per heavy atom. The molecule has 3 aromatic rings. The number of benzene rings is 1. The minimum atomic E-state index is -0.463. The molecule has 4 nitrogen and oxygen atoms in total. The summed E-state index contributed by atoms with van der Waals surface area (Å²) in [6.07, 6.45) is 0. The summed E-state index contributed by atoms with van der Waals surface area (Å²) >= 11 is 9.09. The zero-order chi connectivity index (χ0) is 18.3. The van der Waals surface area contributed by atoms with E-state index in [-0.39, 0.29) is 5.91 Å². The van der Waals surface area contributed by atoms with Crippen LogP contribution in [0.25, 0.3) is 10.1 Å². The first kappa shape index (κ1) is 17.9. The number of carbonyl (C=O) groups excluding carboxylic acids is 2. The summed E-state index contributed by atoms with van der Waals surface area (Å²) in [6, 6.07) is 5.88. The first-order chi connectivity index (χ1) is 11.8. The minimum absolute atomic E-state index is 0.324. The zero-order valence-electron chi connectivity index (χ0n) is 14.2. The molecule has 130 valence electrons. The van der Waals surface area contributed by atoms with Crippen LogP contribution < -0.4 is 5.32 Å². The van der Waals surface area contributed by atoms with Gasteiger partial charge in [0, 0.05) is 15.0 Å². The predicted octanol–water partition coefficient (Wildman–Crippen LogP) is 5.58. The first-order valence-electron chi connectivity index (χ1n) is 7.51. The van der Waals surface area contributed by atoms with Crippen molar-refractivity contribution in [1.29, 1.82) is 0 Å². The van der Waals surface area contributed by atoms with E-state index in [1.54, 1.807) is 0 Å². The lowest BCUT2D eigenvalue weighted by Crippen LogP contribution is -2.13. The fourth-order valence-corrected chi connectivity index (χ4v) is 5.10. The van der Waals surface area contributed by atoms with Gasteiger partial charge in [-0.05, 0) is 38.0 Å². The Kier molecular flexibility index (Phi) is 4.86. The third-order valence-corrected chi connectivity index (χ3v) is 6.77. The van der Waals surface area contributed by atoms with Crippen LogP contribution in [-0.2, 0) is 4.74 Å². The van der Waals surface area contributed by atoms with Gasteiger partial charge in [-0.15, -0.1) is 22.7 Å². The summed E-state index contributed by atoms with van der Waals surface area (Å²) in [4.78, 5) is 26.2. The van der Waals surface area contributed by atoms with Crippen LogP contribution in [0.2, 0.25) is 5.02 Å². The number of thiophene rings is 2. The van der Waals surface area contributed by atoms with Crippen molar-refractivity contribution >= 4 is 61.2 Å². The van der Waals surface area contributed by atoms with Gasteiger partial charge in [0.15, 0.2) is 0 Å². The number of carbonyl (C=O) groups is 2. The van der Waals surface area contributed by atoms with Crippen LogP contribution in [0.5, 0.6) is 0 Å². The van der Waals surface area contributed by atoms with Gasteiger partial charge in [-0.1, -0.05) is 23.7 Å². The van der Waals surface area contributed by atoms with Crippen molar-refractivity contribution in [2.45, 2.75) is 20.8 Å². The molecular weight excluding hydrogens is 378 g/mol. The fourth-order valence-electron chi connectivity index (χ4n) is 2.54. The maximum absolute atomic E-state index is 12.7. The number of nitrogens with one attached hydrogen (secondary N) is 1. The standard InChI is InChI=1S/C18H16ClNO3S2/c1-8-5-6-11-12(7-8)25-15(14(11)19)16(21)20-17-13(18(22)23-4)9(2)10(3)24-17/h5-7H,1-4H3,(H,20,21). The van der Waals surface area contributed by atoms with Gasteiger partial charge >= 0.3 is 5.97 Å². The lowest BCUT2D eigenvalue weighted by atomic mass is 10.1. The van der Waals surface area contributed by atoms with Gasteiger partial charge in [-0.3, -0.25) is 4.79 Å². The molecule has 2 heterocycles. The second-order valence-electron chi connectivity index (χ2n) is 5.68. The summed E-state index contributed by atoms with van der Waals surface area (Å²) in [6.45, 7) is 5.73. The number of anilines is 1. The van der Waals surface area contributed by atoms with Crippen LogP contribution in [-0.4, -0.2) is 19.0 Å². The second kappa shape index (κ2) is 6.78. The van der Waals surface area contributed by atoms with Gasteiger partial charge in [0.1, 0.15) is 9.88 Å². The topological polar surface area (TPSA) is 55.4 Å². The molecule has 0 bridgehead atoms. The molecule has 0 unspecified atom stereocenters. The molecule has 0 aliphatic rings. The number of fused-ring (bicyclic) bond motifs is 1. The van der Waals surface area contributed by atoms with Crippen LogP contribution in [0.3, 0.4) is 0 Å². The number of ether oxygens (including phenoxy) is 1. The SMILES string of the molecule is COC(=O)c1c(NC(=O)c2sc3cc(C)ccc3c2Cl)sc(C)c1C. The summed E-state index contributed by atoms with van der Waals surface area (Å²) in [7, 11) is 1.32. The molecule has 7 heteroatoms. The molecule has 0 saturated carbocycles. The number of esters is 1. The van der Waals surface area contributed by atoms with E-state index in [9.17, 15) is 9.59 Å². The molecule has 0 aliphatic heterocycles. The van der Waals surface area contributed by atoms with Crippen molar-refractivity contribution in [2.75, 3.05) is 12.4 Å². The minimum Gasteiger partial charge on any atom is -0.465 e. The second-order valence-corrected chi connectivity index (χ2v) is 8.33. The van der Waals surface area contributed by atoms with E-state index < -0.39 is 5.97 Å². The molecule has 0 fully saturated rings. The molecule has 0 atom stereocenters. The highest BCUT2D eigenvalue weighted by atomic mass is 35.5. The van der Waals surface area contributed by atoms with E-state index in [1.165, 1.54) is 29.8 Å². The van der Waals surface area contributed by atoms with Gasteiger partial charge in [0.05, 0.1) is 17.7 Å². The molecule has 0 spiro atoms. The van der Waals surface area contributed by atoms with E-state index in [4.69, 9.17) is 16.3 Å². The Labute approximate surface area is 158 Å². The number of hydrogen-bond acceptors (Lipinski definition) is 5. The largest absolute Gasteiger partial charge is 0.465 e. The van der Waals surface area contributed by atoms with E-state index in [0.717, 1.165) is 26.1 Å². The maximum atomic E-state index is 12.7. The zero-order valence-corrected chi connectivity index (χ0v) is 16.5. The van der Waals surface area contributed by atoms with Gasteiger partial charge < -0.3 is 10.1 Å². The highest BCUT2D eigenvalue weighted by Crippen LogP contribution is 2.38. The van der Waals surface area contributed by atoms with Crippen LogP contribution in [0, 0.1) is 20.8 Å². The maximum Gasteiger partial charge on any atom is 0.341 e. The van der Waals surface area contributed by atoms with Gasteiger partial charge in [0.25, 0.3) is 5.91 Å². The molecule has 1 aromatic carbocycles. The van der Waals surface area contributed by atoms with Crippen molar-refractivity contribution in [1.82, 2.24) is 0 Å². The average molecular weight is 394 g/mol. The summed E-state index contributed by atoms with van der Waals surface area (Å²) in [5.74, 6) is -0.787. The van der Waals surface area contributed by atoms with Crippen LogP contribution >= 0.6 is 34.3 Å². The molecule has 1 amide bonds. The monoisotopic (exact) mass is 393 g/mol. The summed E-state index contributed by atoms with van der Waals surface area (Å²) in [5, 5.41) is 4.60. The van der Waals surface area contributed by atoms with Crippen molar-refractivity contribution in [3.8, 4) is 0 Å². The number of hydrogen-bond donors (Lipinski definition) is 1. The van der Waals surface area contributed by atoms with E-state index in [1.807, 2.05) is 39.0 Å². The van der Waals surface area contributed by atoms with E-state index >= 15 is 0 Å². The molecular formula is C18H16ClNO3S2. The van der Waals surface area contributed by atoms with Gasteiger partial charge in [0.2, 0.25) is 0 Å². The van der Waals surface area contributed by atoms with Crippen molar-refractivity contribution in [3.63, 3.8) is 0 Å². The predicted molar refractivity (Wildman–Crippen MR) is 105 cm³/mol. The normalized spacial score (nSPS) is 10.9. The Bertz CT molecular complexity index is 1000. The van der Waals surface area contributed by atoms with E-state index in [0.29, 0.717) is 20.5 Å². The van der Waals surface area contributed by atoms with Crippen LogP contribution in [0.15, 0.2) is 18.2 Å². The summed E-state index contributed by atoms with van der Waals surface area (Å²) in [5.41, 5.74) is 2.31. The highest BCUT2D eigenvalue weighted by molar-refractivity contribution is 7.22. The Morgan fingerprint density at radius 3 is 2.56 bits per heavy atom. The third-order valence-electron chi connectivity index (χ3n) is 3.99. The number of halogens is 1. The highest BCUT2D eigenvalue weighted by Gasteiger charge is 2.24. The molecule has 0 radical (unpaired) electrons. The number of methoxy groups -OCH3 is 1. The quantitative estimate of drug-likeness (QED) is 0.591. The fraction of sp³-hybridized carbons (Fsp3) is 0.222. The average Bonchev–Trinajstić information content (AvgIpc) is 3.04. The third kappa shape index (κ3) is 3.17. The summed E-state index contributed by atoms with van der Waals surface area (Å²) < 4.78 is 5.80. The lowest BCUT2D eigenvalue weighted by Gasteiger charge is -2.05. The first-order valence-corrected chi connectivity index (χ1v) is 9.53. The van der Waals surface area contributed by atoms with Gasteiger partial charge in [-0.2, -0.15) is 0 Å². The number of amides is 1. The Balaban J connectivity index is 2.00. The van der Waals surface area contributed by atoms with Crippen molar-refractivity contribution in [3.05, 3.63) is 49.7 Å². The van der Waals surface area contributed by atoms with Crippen LogP contribution in [0.4, 0.5) is 5.00 Å². The molecule has 1 N–H and O–H groups in total. The van der Waals surface area contributed by atoms with Crippen molar-refractivity contribution < 1.29 is 14.3 Å². The molecule has 0 saturated heterocycles. The smallest absolute Gasteiger partial charge is 0.341 e. The number of aryl methyl sites for hydroxylation is 2. The van der Waals surface area contributed by atoms with E-state index in [2.05, 4.69) is 5.32 Å².